The minimum Gasteiger partial charge on any atom is -0.484 e. The Morgan fingerprint density at radius 3 is 2.53 bits per heavy atom. The van der Waals surface area contributed by atoms with Gasteiger partial charge in [0.15, 0.2) is 6.61 Å². The second kappa shape index (κ2) is 11.0. The van der Waals surface area contributed by atoms with Gasteiger partial charge in [0.2, 0.25) is 5.91 Å². The third kappa shape index (κ3) is 6.46. The maximum atomic E-state index is 14.2. The summed E-state index contributed by atoms with van der Waals surface area (Å²) in [6.45, 7) is 6.99. The first-order valence-corrected chi connectivity index (χ1v) is 10.3. The number of amides is 2. The molecule has 0 spiro atoms. The number of aryl methyl sites for hydroxylation is 1. The molecule has 2 aromatic rings. The molecule has 2 aromatic carbocycles. The highest BCUT2D eigenvalue weighted by Gasteiger charge is 2.27. The maximum absolute atomic E-state index is 14.2. The summed E-state index contributed by atoms with van der Waals surface area (Å²) >= 11 is 6.02. The first kappa shape index (κ1) is 23.7. The second-order valence-electron chi connectivity index (χ2n) is 7.31. The topological polar surface area (TPSA) is 58.6 Å². The van der Waals surface area contributed by atoms with E-state index in [1.807, 2.05) is 20.8 Å². The number of carbonyl (C=O) groups is 2. The molecule has 0 heterocycles. The molecule has 0 saturated heterocycles. The van der Waals surface area contributed by atoms with Gasteiger partial charge >= 0.3 is 0 Å². The molecule has 0 aromatic heterocycles. The van der Waals surface area contributed by atoms with Crippen LogP contribution < -0.4 is 10.1 Å². The zero-order valence-corrected chi connectivity index (χ0v) is 18.5. The van der Waals surface area contributed by atoms with Gasteiger partial charge in [-0.15, -0.1) is 0 Å². The molecular formula is C23H28ClFN2O3. The summed E-state index contributed by atoms with van der Waals surface area (Å²) in [5, 5.41) is 3.47. The van der Waals surface area contributed by atoms with E-state index in [2.05, 4.69) is 5.32 Å². The van der Waals surface area contributed by atoms with Gasteiger partial charge in [0, 0.05) is 23.2 Å². The highest BCUT2D eigenvalue weighted by Crippen LogP contribution is 2.21. The fourth-order valence-electron chi connectivity index (χ4n) is 2.79. The third-order valence-electron chi connectivity index (χ3n) is 4.96. The van der Waals surface area contributed by atoms with Crippen molar-refractivity contribution in [1.82, 2.24) is 10.2 Å². The van der Waals surface area contributed by atoms with Gasteiger partial charge in [-0.2, -0.15) is 0 Å². The van der Waals surface area contributed by atoms with Crippen molar-refractivity contribution in [3.05, 3.63) is 64.4 Å². The highest BCUT2D eigenvalue weighted by atomic mass is 35.5. The fraction of sp³-hybridized carbons (Fsp3) is 0.391. The molecule has 7 heteroatoms. The number of ether oxygens (including phenoxy) is 1. The lowest BCUT2D eigenvalue weighted by Crippen LogP contribution is -2.50. The summed E-state index contributed by atoms with van der Waals surface area (Å²) in [6.07, 6.45) is 0.763. The molecule has 0 unspecified atom stereocenters. The van der Waals surface area contributed by atoms with Gasteiger partial charge < -0.3 is 15.0 Å². The summed E-state index contributed by atoms with van der Waals surface area (Å²) in [5.41, 5.74) is 1.16. The number of rotatable bonds is 9. The Morgan fingerprint density at radius 1 is 1.20 bits per heavy atom. The number of halogens is 2. The van der Waals surface area contributed by atoms with E-state index in [-0.39, 0.29) is 25.1 Å². The highest BCUT2D eigenvalue weighted by molar-refractivity contribution is 6.31. The number of benzene rings is 2. The van der Waals surface area contributed by atoms with Crippen molar-refractivity contribution in [3.8, 4) is 5.75 Å². The predicted octanol–water partition coefficient (Wildman–Crippen LogP) is 4.50. The van der Waals surface area contributed by atoms with E-state index in [1.54, 1.807) is 43.3 Å². The summed E-state index contributed by atoms with van der Waals surface area (Å²) in [7, 11) is 0. The number of hydrogen-bond donors (Lipinski definition) is 1. The van der Waals surface area contributed by atoms with Crippen LogP contribution in [0.4, 0.5) is 4.39 Å². The molecule has 5 nitrogen and oxygen atoms in total. The van der Waals surface area contributed by atoms with E-state index in [0.29, 0.717) is 16.3 Å². The Balaban J connectivity index is 2.18. The normalized spacial score (nSPS) is 12.7. The van der Waals surface area contributed by atoms with E-state index in [9.17, 15) is 14.0 Å². The van der Waals surface area contributed by atoms with Crippen LogP contribution in [-0.2, 0) is 16.1 Å². The van der Waals surface area contributed by atoms with Crippen LogP contribution >= 0.6 is 11.6 Å². The molecule has 1 N–H and O–H groups in total. The standard InChI is InChI=1S/C23H28ClFN2O3/c1-5-16(3)26-23(29)17(4)27(13-18-8-6-7-9-21(18)25)22(28)14-30-19-10-11-20(24)15(2)12-19/h6-12,16-17H,5,13-14H2,1-4H3,(H,26,29)/t16-,17-/m0/s1. The van der Waals surface area contributed by atoms with Crippen LogP contribution in [0.15, 0.2) is 42.5 Å². The van der Waals surface area contributed by atoms with E-state index in [4.69, 9.17) is 16.3 Å². The maximum Gasteiger partial charge on any atom is 0.261 e. The summed E-state index contributed by atoms with van der Waals surface area (Å²) in [4.78, 5) is 26.9. The van der Waals surface area contributed by atoms with E-state index in [0.717, 1.165) is 12.0 Å². The number of nitrogens with zero attached hydrogens (tertiary/aromatic N) is 1. The Hall–Kier alpha value is -2.60. The SMILES string of the molecule is CC[C@H](C)NC(=O)[C@H](C)N(Cc1ccccc1F)C(=O)COc1ccc(Cl)c(C)c1. The lowest BCUT2D eigenvalue weighted by Gasteiger charge is -2.29. The van der Waals surface area contributed by atoms with Crippen LogP contribution in [0.25, 0.3) is 0 Å². The molecule has 0 fully saturated rings. The van der Waals surface area contributed by atoms with Crippen molar-refractivity contribution >= 4 is 23.4 Å². The van der Waals surface area contributed by atoms with E-state index < -0.39 is 17.8 Å². The second-order valence-corrected chi connectivity index (χ2v) is 7.71. The molecule has 0 aliphatic carbocycles. The third-order valence-corrected chi connectivity index (χ3v) is 5.38. The first-order valence-electron chi connectivity index (χ1n) is 9.95. The Morgan fingerprint density at radius 2 is 1.90 bits per heavy atom. The van der Waals surface area contributed by atoms with Crippen LogP contribution in [0.5, 0.6) is 5.75 Å². The molecule has 2 amide bonds. The molecule has 0 radical (unpaired) electrons. The van der Waals surface area contributed by atoms with Gasteiger partial charge in [-0.05, 0) is 57.0 Å². The molecule has 2 atom stereocenters. The van der Waals surface area contributed by atoms with Crippen LogP contribution in [0.2, 0.25) is 5.02 Å². The van der Waals surface area contributed by atoms with Gasteiger partial charge in [-0.3, -0.25) is 9.59 Å². The minimum absolute atomic E-state index is 0.0290. The zero-order chi connectivity index (χ0) is 22.3. The van der Waals surface area contributed by atoms with Crippen LogP contribution in [0.1, 0.15) is 38.3 Å². The molecule has 0 aliphatic heterocycles. The average molecular weight is 435 g/mol. The molecule has 0 bridgehead atoms. The Kier molecular flexibility index (Phi) is 8.66. The molecule has 0 saturated carbocycles. The predicted molar refractivity (Wildman–Crippen MR) is 116 cm³/mol. The van der Waals surface area contributed by atoms with E-state index in [1.165, 1.54) is 11.0 Å². The van der Waals surface area contributed by atoms with Gasteiger partial charge in [0.25, 0.3) is 5.91 Å². The monoisotopic (exact) mass is 434 g/mol. The Labute approximate surface area is 182 Å². The number of nitrogens with one attached hydrogen (secondary N) is 1. The van der Waals surface area contributed by atoms with Crippen molar-refractivity contribution in [2.45, 2.75) is 52.7 Å². The Bertz CT molecular complexity index is 891. The van der Waals surface area contributed by atoms with Crippen molar-refractivity contribution in [2.75, 3.05) is 6.61 Å². The molecule has 162 valence electrons. The number of hydrogen-bond acceptors (Lipinski definition) is 3. The quantitative estimate of drug-likeness (QED) is 0.632. The van der Waals surface area contributed by atoms with Gasteiger partial charge in [0.1, 0.15) is 17.6 Å². The lowest BCUT2D eigenvalue weighted by atomic mass is 10.1. The van der Waals surface area contributed by atoms with Crippen molar-refractivity contribution in [3.63, 3.8) is 0 Å². The average Bonchev–Trinajstić information content (AvgIpc) is 2.73. The van der Waals surface area contributed by atoms with Crippen LogP contribution in [0.3, 0.4) is 0 Å². The number of carbonyl (C=O) groups excluding carboxylic acids is 2. The fourth-order valence-corrected chi connectivity index (χ4v) is 2.91. The van der Waals surface area contributed by atoms with Crippen molar-refractivity contribution in [1.29, 1.82) is 0 Å². The van der Waals surface area contributed by atoms with Crippen LogP contribution in [-0.4, -0.2) is 35.4 Å². The summed E-state index contributed by atoms with van der Waals surface area (Å²) < 4.78 is 19.8. The molecule has 0 aliphatic rings. The smallest absolute Gasteiger partial charge is 0.261 e. The lowest BCUT2D eigenvalue weighted by molar-refractivity contribution is -0.142. The van der Waals surface area contributed by atoms with E-state index >= 15 is 0 Å². The molecular weight excluding hydrogens is 407 g/mol. The summed E-state index contributed by atoms with van der Waals surface area (Å²) in [6, 6.07) is 10.5. The van der Waals surface area contributed by atoms with Crippen molar-refractivity contribution < 1.29 is 18.7 Å². The van der Waals surface area contributed by atoms with Crippen molar-refractivity contribution in [2.24, 2.45) is 0 Å². The minimum atomic E-state index is -0.790. The molecule has 30 heavy (non-hydrogen) atoms. The van der Waals surface area contributed by atoms with Gasteiger partial charge in [0.05, 0.1) is 0 Å². The van der Waals surface area contributed by atoms with Gasteiger partial charge in [-0.25, -0.2) is 4.39 Å². The summed E-state index contributed by atoms with van der Waals surface area (Å²) in [5.74, 6) is -0.652. The largest absolute Gasteiger partial charge is 0.484 e. The first-order chi connectivity index (χ1) is 14.2. The molecule has 2 rings (SSSR count). The van der Waals surface area contributed by atoms with Crippen LogP contribution in [0, 0.1) is 12.7 Å². The van der Waals surface area contributed by atoms with Gasteiger partial charge in [-0.1, -0.05) is 36.7 Å². The zero-order valence-electron chi connectivity index (χ0n) is 17.7.